The van der Waals surface area contributed by atoms with E-state index in [9.17, 15) is 45.3 Å². The van der Waals surface area contributed by atoms with Gasteiger partial charge in [-0.1, -0.05) is 23.8 Å². The van der Waals surface area contributed by atoms with Crippen LogP contribution in [0.4, 0.5) is 13.2 Å². The zero-order valence-corrected chi connectivity index (χ0v) is 33.9. The summed E-state index contributed by atoms with van der Waals surface area (Å²) < 4.78 is 89.5. The molecule has 3 aromatic carbocycles. The summed E-state index contributed by atoms with van der Waals surface area (Å²) in [6.45, 7) is 0.306. The summed E-state index contributed by atoms with van der Waals surface area (Å²) in [5.74, 6) is -6.09. The lowest BCUT2D eigenvalue weighted by molar-refractivity contribution is -0.902. The van der Waals surface area contributed by atoms with Gasteiger partial charge in [0.1, 0.15) is 21.9 Å². The maximum atomic E-state index is 14.5. The number of methoxy groups -OCH3 is 2. The Balaban J connectivity index is 0.000000603. The van der Waals surface area contributed by atoms with Gasteiger partial charge in [0.05, 0.1) is 70.5 Å². The second kappa shape index (κ2) is 19.8. The number of carbonyl (C=O) groups is 4. The van der Waals surface area contributed by atoms with E-state index in [0.29, 0.717) is 58.2 Å². The van der Waals surface area contributed by atoms with E-state index in [-0.39, 0.29) is 21.5 Å². The Morgan fingerprint density at radius 2 is 1.66 bits per heavy atom. The standard InChI is InChI=1S/C33H38F3N5O7.C7H8O3S/c1-41(2,20-34)12-5-13-48-22-7-8-25-24(15-22)23(10-11-37-25)31(44)39-18-29(42)40-19-33(35,36)16-26(40)30(43)32(45)38-17-21-6-9-27(46-3)28(14-21)47-4;1-6-2-4-7(5-3-6)11(8,9)10/h6-11,14-15,26H,5,12-13,16-20H2,1-4H3,(H-,38,39,44,45);2-5H,1H3,(H,8,9,10)/t26-;/m0./s1. The molecule has 1 atom stereocenters. The van der Waals surface area contributed by atoms with Gasteiger partial charge in [-0.3, -0.25) is 24.2 Å². The number of halogens is 3. The van der Waals surface area contributed by atoms with Crippen molar-refractivity contribution in [3.05, 3.63) is 89.6 Å². The number of hydrogen-bond acceptors (Lipinski definition) is 11. The minimum absolute atomic E-state index is 0.110. The van der Waals surface area contributed by atoms with E-state index in [4.69, 9.17) is 14.2 Å². The molecule has 0 bridgehead atoms. The molecule has 1 fully saturated rings. The number of amides is 3. The first-order chi connectivity index (χ1) is 27.8. The smallest absolute Gasteiger partial charge is 0.289 e. The fraction of sp³-hybridized carbons (Fsp3) is 0.375. The van der Waals surface area contributed by atoms with Gasteiger partial charge in [0.15, 0.2) is 11.5 Å². The van der Waals surface area contributed by atoms with E-state index in [2.05, 4.69) is 15.6 Å². The first-order valence-corrected chi connectivity index (χ1v) is 19.6. The normalized spacial score (nSPS) is 14.8. The quantitative estimate of drug-likeness (QED) is 0.0549. The lowest BCUT2D eigenvalue weighted by atomic mass is 10.1. The first kappa shape index (κ1) is 45.9. The number of rotatable bonds is 16. The van der Waals surface area contributed by atoms with E-state index in [0.717, 1.165) is 5.56 Å². The highest BCUT2D eigenvalue weighted by molar-refractivity contribution is 7.85. The number of nitrogens with zero attached hydrogens (tertiary/aromatic N) is 3. The van der Waals surface area contributed by atoms with Crippen LogP contribution in [0.3, 0.4) is 0 Å². The van der Waals surface area contributed by atoms with E-state index < -0.39 is 71.9 Å². The summed E-state index contributed by atoms with van der Waals surface area (Å²) in [7, 11) is 2.16. The Morgan fingerprint density at radius 1 is 0.966 bits per heavy atom. The van der Waals surface area contributed by atoms with Crippen molar-refractivity contribution in [3.63, 3.8) is 0 Å². The third-order valence-corrected chi connectivity index (χ3v) is 10.0. The number of ketones is 1. The molecule has 0 spiro atoms. The largest absolute Gasteiger partial charge is 0.744 e. The monoisotopic (exact) mass is 845 g/mol. The van der Waals surface area contributed by atoms with Crippen molar-refractivity contribution in [1.29, 1.82) is 0 Å². The molecule has 15 nitrogen and oxygen atoms in total. The highest BCUT2D eigenvalue weighted by Crippen LogP contribution is 2.33. The molecule has 4 aromatic rings. The number of quaternary nitrogens is 1. The van der Waals surface area contributed by atoms with Crippen LogP contribution >= 0.6 is 0 Å². The number of alkyl halides is 3. The summed E-state index contributed by atoms with van der Waals surface area (Å²) in [6, 6.07) is 15.3. The molecule has 1 aliphatic rings. The second-order valence-corrected chi connectivity index (χ2v) is 15.7. The van der Waals surface area contributed by atoms with E-state index >= 15 is 0 Å². The topological polar surface area (TPSA) is 193 Å². The zero-order chi connectivity index (χ0) is 43.5. The molecule has 318 valence electrons. The number of pyridine rings is 1. The van der Waals surface area contributed by atoms with E-state index in [1.807, 2.05) is 6.92 Å². The van der Waals surface area contributed by atoms with Crippen molar-refractivity contribution in [3.8, 4) is 17.2 Å². The van der Waals surface area contributed by atoms with Crippen molar-refractivity contribution < 1.29 is 64.0 Å². The molecule has 0 saturated carbocycles. The van der Waals surface area contributed by atoms with Crippen LogP contribution in [-0.2, 0) is 31.0 Å². The number of carbonyl (C=O) groups excluding carboxylic acids is 4. The van der Waals surface area contributed by atoms with Gasteiger partial charge < -0.3 is 38.8 Å². The average molecular weight is 846 g/mol. The maximum Gasteiger partial charge on any atom is 0.289 e. The molecule has 1 saturated heterocycles. The predicted octanol–water partition coefficient (Wildman–Crippen LogP) is 3.77. The molecule has 2 heterocycles. The van der Waals surface area contributed by atoms with Gasteiger partial charge in [-0.15, -0.1) is 0 Å². The Labute approximate surface area is 339 Å². The molecule has 0 radical (unpaired) electrons. The molecular weight excluding hydrogens is 800 g/mol. The van der Waals surface area contributed by atoms with Gasteiger partial charge in [-0.2, -0.15) is 4.39 Å². The molecule has 1 aromatic heterocycles. The number of aromatic nitrogens is 1. The van der Waals surface area contributed by atoms with Crippen LogP contribution in [0.2, 0.25) is 0 Å². The van der Waals surface area contributed by atoms with Crippen LogP contribution in [0, 0.1) is 6.92 Å². The SMILES string of the molecule is COc1ccc(CNC(=O)C(=O)[C@@H]2CC(F)(F)CN2C(=O)CNC(=O)c2ccnc3ccc(OCCC[N+](C)(C)CF)cc23)cc1OC.Cc1ccc(S(=O)(=O)[O-])cc1. The molecule has 2 N–H and O–H groups in total. The number of fused-ring (bicyclic) bond motifs is 1. The summed E-state index contributed by atoms with van der Waals surface area (Å²) >= 11 is 0. The van der Waals surface area contributed by atoms with Crippen LogP contribution in [0.25, 0.3) is 10.9 Å². The van der Waals surface area contributed by atoms with Gasteiger partial charge in [-0.05, 0) is 61.0 Å². The van der Waals surface area contributed by atoms with Crippen molar-refractivity contribution in [2.75, 3.05) is 61.4 Å². The van der Waals surface area contributed by atoms with Crippen molar-refractivity contribution in [1.82, 2.24) is 20.5 Å². The lowest BCUT2D eigenvalue weighted by Gasteiger charge is -2.25. The summed E-state index contributed by atoms with van der Waals surface area (Å²) in [6.07, 6.45) is 0.973. The Bertz CT molecular complexity index is 2260. The molecule has 5 rings (SSSR count). The Hall–Kier alpha value is -5.79. The van der Waals surface area contributed by atoms with Crippen LogP contribution in [0.5, 0.6) is 17.2 Å². The van der Waals surface area contributed by atoms with E-state index in [1.165, 1.54) is 38.6 Å². The number of aryl methyl sites for hydroxylation is 1. The van der Waals surface area contributed by atoms with Crippen molar-refractivity contribution >= 4 is 44.5 Å². The van der Waals surface area contributed by atoms with Gasteiger partial charge in [-0.25, -0.2) is 17.2 Å². The fourth-order valence-corrected chi connectivity index (χ4v) is 6.41. The molecule has 0 unspecified atom stereocenters. The minimum Gasteiger partial charge on any atom is -0.744 e. The van der Waals surface area contributed by atoms with Crippen LogP contribution in [0.1, 0.15) is 34.3 Å². The minimum atomic E-state index is -4.27. The third kappa shape index (κ3) is 12.8. The average Bonchev–Trinajstić information content (AvgIpc) is 3.54. The molecule has 59 heavy (non-hydrogen) atoms. The van der Waals surface area contributed by atoms with Gasteiger partial charge in [0, 0.05) is 31.0 Å². The van der Waals surface area contributed by atoms with Crippen molar-refractivity contribution in [2.24, 2.45) is 0 Å². The van der Waals surface area contributed by atoms with Crippen LogP contribution in [0.15, 0.2) is 77.8 Å². The molecule has 0 aliphatic carbocycles. The maximum absolute atomic E-state index is 14.5. The highest BCUT2D eigenvalue weighted by atomic mass is 32.2. The number of hydrogen-bond donors (Lipinski definition) is 2. The molecule has 19 heteroatoms. The molecule has 3 amide bonds. The molecular formula is C40H46F3N5O10S. The van der Waals surface area contributed by atoms with E-state index in [1.54, 1.807) is 62.6 Å². The number of benzene rings is 3. The van der Waals surface area contributed by atoms with Gasteiger partial charge in [0.25, 0.3) is 17.7 Å². The third-order valence-electron chi connectivity index (χ3n) is 9.19. The molecule has 1 aliphatic heterocycles. The van der Waals surface area contributed by atoms with Gasteiger partial charge in [0.2, 0.25) is 18.5 Å². The highest BCUT2D eigenvalue weighted by Gasteiger charge is 2.51. The summed E-state index contributed by atoms with van der Waals surface area (Å²) in [5.41, 5.74) is 2.11. The lowest BCUT2D eigenvalue weighted by Crippen LogP contribution is -2.49. The zero-order valence-electron chi connectivity index (χ0n) is 33.1. The fourth-order valence-electron chi connectivity index (χ4n) is 5.94. The summed E-state index contributed by atoms with van der Waals surface area (Å²) in [4.78, 5) is 56.6. The van der Waals surface area contributed by atoms with Crippen LogP contribution in [-0.4, -0.2) is 124 Å². The number of nitrogens with one attached hydrogen (secondary N) is 2. The van der Waals surface area contributed by atoms with Crippen molar-refractivity contribution in [2.45, 2.75) is 43.2 Å². The summed E-state index contributed by atoms with van der Waals surface area (Å²) in [5, 5.41) is 5.25. The number of ether oxygens (including phenoxy) is 3. The second-order valence-electron chi connectivity index (χ2n) is 14.3. The Kier molecular flexibility index (Phi) is 15.4. The Morgan fingerprint density at radius 3 is 2.31 bits per heavy atom. The first-order valence-electron chi connectivity index (χ1n) is 18.2. The number of Topliss-reactive ketones (excluding diaryl/α,β-unsaturated/α-hetero) is 1. The predicted molar refractivity (Wildman–Crippen MR) is 208 cm³/mol. The van der Waals surface area contributed by atoms with Gasteiger partial charge >= 0.3 is 0 Å². The number of likely N-dealkylation sites (tertiary alicyclic amines) is 1. The van der Waals surface area contributed by atoms with Crippen LogP contribution < -0.4 is 24.8 Å².